The average Bonchev–Trinajstić information content (AvgIpc) is 2.83. The fraction of sp³-hybridized carbons (Fsp3) is 0.500. The summed E-state index contributed by atoms with van der Waals surface area (Å²) in [4.78, 5) is 12.0. The van der Waals surface area contributed by atoms with Gasteiger partial charge in [0.2, 0.25) is 5.91 Å². The topological polar surface area (TPSA) is 71.7 Å². The van der Waals surface area contributed by atoms with E-state index in [0.29, 0.717) is 0 Å². The van der Waals surface area contributed by atoms with Crippen molar-refractivity contribution in [1.82, 2.24) is 5.32 Å². The molecule has 0 bridgehead atoms. The van der Waals surface area contributed by atoms with Gasteiger partial charge in [0.1, 0.15) is 17.1 Å². The van der Waals surface area contributed by atoms with E-state index in [0.717, 1.165) is 28.0 Å². The predicted octanol–water partition coefficient (Wildman–Crippen LogP) is 3.33. The highest BCUT2D eigenvalue weighted by molar-refractivity contribution is 5.84. The molecule has 0 spiro atoms. The molecule has 2 unspecified atom stereocenters. The summed E-state index contributed by atoms with van der Waals surface area (Å²) in [6.07, 6.45) is -0.544. The summed E-state index contributed by atoms with van der Waals surface area (Å²) in [5.41, 5.74) is 1.75. The van der Waals surface area contributed by atoms with Gasteiger partial charge in [-0.3, -0.25) is 4.79 Å². The van der Waals surface area contributed by atoms with Crippen LogP contribution in [0.1, 0.15) is 44.6 Å². The van der Waals surface area contributed by atoms with Crippen LogP contribution in [0.5, 0.6) is 5.75 Å². The molecule has 1 aromatic heterocycles. The fourth-order valence-corrected chi connectivity index (χ4v) is 2.55. The van der Waals surface area contributed by atoms with Crippen molar-refractivity contribution in [2.45, 2.75) is 46.3 Å². The Labute approximate surface area is 136 Å². The number of carbonyl (C=O) groups excluding carboxylic acids is 1. The Bertz CT molecular complexity index is 690. The molecule has 0 aliphatic rings. The minimum atomic E-state index is -0.636. The van der Waals surface area contributed by atoms with Crippen LogP contribution in [0.3, 0.4) is 0 Å². The van der Waals surface area contributed by atoms with Gasteiger partial charge in [-0.2, -0.15) is 0 Å². The fourth-order valence-electron chi connectivity index (χ4n) is 2.55. The van der Waals surface area contributed by atoms with Crippen molar-refractivity contribution in [3.8, 4) is 5.75 Å². The molecule has 5 nitrogen and oxygen atoms in total. The number of fused-ring (bicyclic) bond motifs is 1. The molecule has 0 saturated carbocycles. The van der Waals surface area contributed by atoms with E-state index in [9.17, 15) is 9.90 Å². The molecule has 23 heavy (non-hydrogen) atoms. The Morgan fingerprint density at radius 1 is 1.35 bits per heavy atom. The van der Waals surface area contributed by atoms with Crippen molar-refractivity contribution in [3.63, 3.8) is 0 Å². The Hall–Kier alpha value is -2.01. The van der Waals surface area contributed by atoms with E-state index < -0.39 is 6.10 Å². The quantitative estimate of drug-likeness (QED) is 0.856. The predicted molar refractivity (Wildman–Crippen MR) is 89.5 cm³/mol. The van der Waals surface area contributed by atoms with Gasteiger partial charge in [0.05, 0.1) is 25.7 Å². The average molecular weight is 319 g/mol. The number of methoxy groups -OCH3 is 1. The lowest BCUT2D eigenvalue weighted by atomic mass is 10.0. The lowest BCUT2D eigenvalue weighted by Crippen LogP contribution is -2.31. The number of benzene rings is 1. The summed E-state index contributed by atoms with van der Waals surface area (Å²) >= 11 is 0. The van der Waals surface area contributed by atoms with Crippen molar-refractivity contribution in [3.05, 3.63) is 29.5 Å². The van der Waals surface area contributed by atoms with Gasteiger partial charge in [-0.1, -0.05) is 13.8 Å². The van der Waals surface area contributed by atoms with E-state index in [4.69, 9.17) is 9.15 Å². The van der Waals surface area contributed by atoms with Crippen molar-refractivity contribution in [1.29, 1.82) is 0 Å². The highest BCUT2D eigenvalue weighted by Gasteiger charge is 2.21. The van der Waals surface area contributed by atoms with Crippen LogP contribution in [0, 0.1) is 12.8 Å². The summed E-state index contributed by atoms with van der Waals surface area (Å²) in [6.45, 7) is 7.62. The van der Waals surface area contributed by atoms with Crippen molar-refractivity contribution in [2.24, 2.45) is 5.92 Å². The first-order chi connectivity index (χ1) is 10.8. The third-order valence-electron chi connectivity index (χ3n) is 4.12. The molecule has 1 heterocycles. The Morgan fingerprint density at radius 2 is 2.04 bits per heavy atom. The van der Waals surface area contributed by atoms with Gasteiger partial charge in [-0.05, 0) is 38.0 Å². The summed E-state index contributed by atoms with van der Waals surface area (Å²) < 4.78 is 11.1. The maximum absolute atomic E-state index is 12.0. The Morgan fingerprint density at radius 3 is 2.65 bits per heavy atom. The first-order valence-corrected chi connectivity index (χ1v) is 7.88. The van der Waals surface area contributed by atoms with Crippen molar-refractivity contribution >= 4 is 16.9 Å². The molecule has 2 rings (SSSR count). The van der Waals surface area contributed by atoms with E-state index in [1.807, 2.05) is 45.9 Å². The lowest BCUT2D eigenvalue weighted by Gasteiger charge is -2.17. The monoisotopic (exact) mass is 319 g/mol. The van der Waals surface area contributed by atoms with E-state index in [1.165, 1.54) is 0 Å². The largest absolute Gasteiger partial charge is 0.497 e. The van der Waals surface area contributed by atoms with Crippen LogP contribution in [0.25, 0.3) is 11.0 Å². The lowest BCUT2D eigenvalue weighted by molar-refractivity contribution is -0.124. The number of rotatable bonds is 6. The molecule has 5 heteroatoms. The number of furan rings is 1. The van der Waals surface area contributed by atoms with Crippen molar-refractivity contribution in [2.75, 3.05) is 7.11 Å². The maximum atomic E-state index is 12.0. The summed E-state index contributed by atoms with van der Waals surface area (Å²) in [5, 5.41) is 13.7. The number of aliphatic hydroxyl groups excluding tert-OH is 1. The van der Waals surface area contributed by atoms with Crippen LogP contribution in [-0.2, 0) is 4.79 Å². The van der Waals surface area contributed by atoms with Gasteiger partial charge < -0.3 is 19.6 Å². The normalized spacial score (nSPS) is 14.0. The highest BCUT2D eigenvalue weighted by Crippen LogP contribution is 2.31. The molecule has 0 aliphatic carbocycles. The SMILES string of the molecule is COc1ccc2oc(C(C)NC(=O)CC(O)C(C)C)c(C)c2c1. The minimum absolute atomic E-state index is 0.0523. The second kappa shape index (κ2) is 7.04. The van der Waals surface area contributed by atoms with Gasteiger partial charge in [0.15, 0.2) is 0 Å². The van der Waals surface area contributed by atoms with Crippen LogP contribution in [0.4, 0.5) is 0 Å². The Kier molecular flexibility index (Phi) is 5.31. The highest BCUT2D eigenvalue weighted by atomic mass is 16.5. The smallest absolute Gasteiger partial charge is 0.223 e. The number of ether oxygens (including phenoxy) is 1. The number of amides is 1. The standard InChI is InChI=1S/C18H25NO4/c1-10(2)15(20)9-17(21)19-12(4)18-11(3)14-8-13(22-5)6-7-16(14)23-18/h6-8,10,12,15,20H,9H2,1-5H3,(H,19,21). The van der Waals surface area contributed by atoms with E-state index in [1.54, 1.807) is 7.11 Å². The number of hydrogen-bond donors (Lipinski definition) is 2. The van der Waals surface area contributed by atoms with Crippen LogP contribution >= 0.6 is 0 Å². The van der Waals surface area contributed by atoms with E-state index >= 15 is 0 Å². The first-order valence-electron chi connectivity index (χ1n) is 7.88. The van der Waals surface area contributed by atoms with Crippen molar-refractivity contribution < 1.29 is 19.1 Å². The zero-order chi connectivity index (χ0) is 17.1. The maximum Gasteiger partial charge on any atom is 0.223 e. The van der Waals surface area contributed by atoms with Gasteiger partial charge in [0, 0.05) is 10.9 Å². The number of nitrogens with one attached hydrogen (secondary N) is 1. The number of aliphatic hydroxyl groups is 1. The molecule has 0 aliphatic heterocycles. The Balaban J connectivity index is 2.16. The van der Waals surface area contributed by atoms with Gasteiger partial charge >= 0.3 is 0 Å². The second-order valence-electron chi connectivity index (χ2n) is 6.26. The molecule has 126 valence electrons. The van der Waals surface area contributed by atoms with Crippen LogP contribution in [0.2, 0.25) is 0 Å². The molecule has 2 atom stereocenters. The molecule has 1 aromatic carbocycles. The molecule has 0 radical (unpaired) electrons. The number of hydrogen-bond acceptors (Lipinski definition) is 4. The summed E-state index contributed by atoms with van der Waals surface area (Å²) in [7, 11) is 1.63. The van der Waals surface area contributed by atoms with Gasteiger partial charge in [-0.25, -0.2) is 0 Å². The van der Waals surface area contributed by atoms with Gasteiger partial charge in [0.25, 0.3) is 0 Å². The van der Waals surface area contributed by atoms with Crippen LogP contribution < -0.4 is 10.1 Å². The molecular formula is C18H25NO4. The molecule has 2 N–H and O–H groups in total. The zero-order valence-electron chi connectivity index (χ0n) is 14.3. The molecular weight excluding hydrogens is 294 g/mol. The van der Waals surface area contributed by atoms with Gasteiger partial charge in [-0.15, -0.1) is 0 Å². The van der Waals surface area contributed by atoms with Crippen LogP contribution in [-0.4, -0.2) is 24.2 Å². The first kappa shape index (κ1) is 17.3. The molecule has 0 fully saturated rings. The third kappa shape index (κ3) is 3.85. The zero-order valence-corrected chi connectivity index (χ0v) is 14.3. The number of carbonyl (C=O) groups is 1. The molecule has 0 saturated heterocycles. The minimum Gasteiger partial charge on any atom is -0.497 e. The molecule has 2 aromatic rings. The third-order valence-corrected chi connectivity index (χ3v) is 4.12. The van der Waals surface area contributed by atoms with E-state index in [2.05, 4.69) is 5.32 Å². The van der Waals surface area contributed by atoms with Crippen LogP contribution in [0.15, 0.2) is 22.6 Å². The molecule has 1 amide bonds. The van der Waals surface area contributed by atoms with E-state index in [-0.39, 0.29) is 24.3 Å². The number of aryl methyl sites for hydroxylation is 1. The summed E-state index contributed by atoms with van der Waals surface area (Å²) in [6, 6.07) is 5.37. The second-order valence-corrected chi connectivity index (χ2v) is 6.26. The summed E-state index contributed by atoms with van der Waals surface area (Å²) in [5.74, 6) is 1.36.